The molecule has 1 aliphatic heterocycles. The largest absolute Gasteiger partial charge is 0.507 e. The van der Waals surface area contributed by atoms with Crippen LogP contribution < -0.4 is 18.9 Å². The maximum Gasteiger partial charge on any atom is 0.295 e. The lowest BCUT2D eigenvalue weighted by atomic mass is 9.94. The van der Waals surface area contributed by atoms with E-state index in [0.29, 0.717) is 40.7 Å². The minimum Gasteiger partial charge on any atom is -0.507 e. The van der Waals surface area contributed by atoms with Gasteiger partial charge in [-0.25, -0.2) is 0 Å². The van der Waals surface area contributed by atoms with Crippen molar-refractivity contribution in [3.63, 3.8) is 0 Å². The molecule has 0 aliphatic carbocycles. The van der Waals surface area contributed by atoms with Gasteiger partial charge in [0.2, 0.25) is 5.75 Å². The minimum atomic E-state index is -0.923. The van der Waals surface area contributed by atoms with Gasteiger partial charge in [0.15, 0.2) is 11.5 Å². The van der Waals surface area contributed by atoms with Crippen molar-refractivity contribution in [1.29, 1.82) is 0 Å². The number of aliphatic hydroxyl groups is 1. The molecule has 3 aromatic rings. The first-order valence-corrected chi connectivity index (χ1v) is 11.6. The summed E-state index contributed by atoms with van der Waals surface area (Å²) in [6, 6.07) is 12.6. The molecule has 1 aromatic heterocycles. The average molecular weight is 505 g/mol. The Balaban J connectivity index is 1.91. The predicted molar refractivity (Wildman–Crippen MR) is 136 cm³/mol. The zero-order valence-corrected chi connectivity index (χ0v) is 21.1. The van der Waals surface area contributed by atoms with Gasteiger partial charge in [0.25, 0.3) is 11.7 Å². The first-order chi connectivity index (χ1) is 17.9. The van der Waals surface area contributed by atoms with Gasteiger partial charge < -0.3 is 29.0 Å². The Kier molecular flexibility index (Phi) is 7.62. The lowest BCUT2D eigenvalue weighted by Crippen LogP contribution is -2.29. The predicted octanol–water partition coefficient (Wildman–Crippen LogP) is 4.13. The molecule has 1 amide bonds. The van der Waals surface area contributed by atoms with E-state index in [1.807, 2.05) is 6.92 Å². The van der Waals surface area contributed by atoms with E-state index >= 15 is 0 Å². The summed E-state index contributed by atoms with van der Waals surface area (Å²) in [5, 5.41) is 11.3. The third-order valence-electron chi connectivity index (χ3n) is 6.08. The Bertz CT molecular complexity index is 1300. The van der Waals surface area contributed by atoms with Gasteiger partial charge in [-0.05, 0) is 66.6 Å². The highest BCUT2D eigenvalue weighted by Crippen LogP contribution is 2.46. The fourth-order valence-electron chi connectivity index (χ4n) is 4.36. The van der Waals surface area contributed by atoms with Crippen molar-refractivity contribution in [2.75, 3.05) is 27.9 Å². The molecule has 0 bridgehead atoms. The summed E-state index contributed by atoms with van der Waals surface area (Å²) < 4.78 is 21.9. The molecule has 192 valence electrons. The van der Waals surface area contributed by atoms with Crippen LogP contribution in [0.3, 0.4) is 0 Å². The highest BCUT2D eigenvalue weighted by Gasteiger charge is 2.46. The number of pyridine rings is 1. The summed E-state index contributed by atoms with van der Waals surface area (Å²) in [4.78, 5) is 32.1. The van der Waals surface area contributed by atoms with Crippen molar-refractivity contribution in [3.8, 4) is 23.0 Å². The molecule has 0 saturated carbocycles. The number of methoxy groups -OCH3 is 3. The van der Waals surface area contributed by atoms with Crippen LogP contribution in [0.5, 0.6) is 23.0 Å². The monoisotopic (exact) mass is 504 g/mol. The lowest BCUT2D eigenvalue weighted by Gasteiger charge is -2.26. The number of hydrogen-bond acceptors (Lipinski definition) is 8. The number of ether oxygens (including phenoxy) is 4. The second kappa shape index (κ2) is 11.0. The van der Waals surface area contributed by atoms with E-state index in [1.165, 1.54) is 26.2 Å². The second-order valence-electron chi connectivity index (χ2n) is 8.20. The van der Waals surface area contributed by atoms with Crippen molar-refractivity contribution in [2.45, 2.75) is 19.5 Å². The molecule has 1 aliphatic rings. The Labute approximate surface area is 214 Å². The molecule has 0 radical (unpaired) electrons. The van der Waals surface area contributed by atoms with E-state index in [4.69, 9.17) is 18.9 Å². The van der Waals surface area contributed by atoms with Crippen LogP contribution in [0.2, 0.25) is 0 Å². The molecule has 9 heteroatoms. The number of aliphatic hydroxyl groups excluding tert-OH is 1. The average Bonchev–Trinajstić information content (AvgIpc) is 3.17. The van der Waals surface area contributed by atoms with Crippen LogP contribution in [0, 0.1) is 0 Å². The Morgan fingerprint density at radius 2 is 1.57 bits per heavy atom. The summed E-state index contributed by atoms with van der Waals surface area (Å²) in [6.45, 7) is 2.48. The number of nitrogens with zero attached hydrogens (tertiary/aromatic N) is 2. The van der Waals surface area contributed by atoms with Gasteiger partial charge in [0, 0.05) is 24.5 Å². The van der Waals surface area contributed by atoms with E-state index in [-0.39, 0.29) is 17.9 Å². The number of likely N-dealkylation sites (tertiary alicyclic amines) is 1. The fraction of sp³-hybridized carbons (Fsp3) is 0.250. The smallest absolute Gasteiger partial charge is 0.295 e. The normalized spacial score (nSPS) is 16.5. The minimum absolute atomic E-state index is 0.0440. The molecule has 9 nitrogen and oxygen atoms in total. The maximum absolute atomic E-state index is 13.4. The molecular formula is C28H28N2O7. The second-order valence-corrected chi connectivity index (χ2v) is 8.20. The van der Waals surface area contributed by atoms with Crippen LogP contribution in [0.25, 0.3) is 5.76 Å². The Morgan fingerprint density at radius 1 is 0.946 bits per heavy atom. The summed E-state index contributed by atoms with van der Waals surface area (Å²) in [6.07, 6.45) is 3.22. The van der Waals surface area contributed by atoms with Crippen molar-refractivity contribution >= 4 is 17.4 Å². The summed E-state index contributed by atoms with van der Waals surface area (Å²) >= 11 is 0. The highest BCUT2D eigenvalue weighted by atomic mass is 16.5. The van der Waals surface area contributed by atoms with E-state index in [9.17, 15) is 14.7 Å². The summed E-state index contributed by atoms with van der Waals surface area (Å²) in [5.74, 6) is -0.121. The number of rotatable bonds is 9. The highest BCUT2D eigenvalue weighted by molar-refractivity contribution is 6.46. The number of carbonyl (C=O) groups excluding carboxylic acids is 2. The van der Waals surface area contributed by atoms with Crippen LogP contribution in [-0.4, -0.2) is 54.6 Å². The van der Waals surface area contributed by atoms with Crippen LogP contribution in [0.1, 0.15) is 29.7 Å². The van der Waals surface area contributed by atoms with Gasteiger partial charge >= 0.3 is 0 Å². The van der Waals surface area contributed by atoms with Gasteiger partial charge in [0.1, 0.15) is 11.5 Å². The molecule has 4 rings (SSSR count). The van der Waals surface area contributed by atoms with Gasteiger partial charge in [-0.1, -0.05) is 0 Å². The fourth-order valence-corrected chi connectivity index (χ4v) is 4.36. The lowest BCUT2D eigenvalue weighted by molar-refractivity contribution is -0.140. The van der Waals surface area contributed by atoms with E-state index < -0.39 is 17.7 Å². The number of hydrogen-bond donors (Lipinski definition) is 1. The topological polar surface area (TPSA) is 107 Å². The molecule has 2 heterocycles. The SMILES string of the molecule is CCOc1ccc(/C(O)=C2\C(=O)C(=O)N(Cc3ccncc3)C2c2cc(OC)c(OC)c(OC)c2)cc1. The van der Waals surface area contributed by atoms with Crippen molar-refractivity contribution in [2.24, 2.45) is 0 Å². The standard InChI is InChI=1S/C28H28N2O7/c1-5-37-20-8-6-18(7-9-20)25(31)23-24(19-14-21(34-2)27(36-4)22(15-19)35-3)30(28(33)26(23)32)16-17-10-12-29-13-11-17/h6-15,24,31H,5,16H2,1-4H3/b25-23+. The summed E-state index contributed by atoms with van der Waals surface area (Å²) in [7, 11) is 4.45. The molecule has 1 saturated heterocycles. The molecule has 0 spiro atoms. The van der Waals surface area contributed by atoms with Crippen molar-refractivity contribution < 1.29 is 33.6 Å². The number of carbonyl (C=O) groups is 2. The first kappa shape index (κ1) is 25.6. The third-order valence-corrected chi connectivity index (χ3v) is 6.08. The van der Waals surface area contributed by atoms with Gasteiger partial charge in [0.05, 0.1) is 39.6 Å². The van der Waals surface area contributed by atoms with E-state index in [0.717, 1.165) is 5.56 Å². The molecule has 1 atom stereocenters. The molecule has 1 N–H and O–H groups in total. The molecule has 37 heavy (non-hydrogen) atoms. The summed E-state index contributed by atoms with van der Waals surface area (Å²) in [5.41, 5.74) is 1.62. The Hall–Kier alpha value is -4.53. The Morgan fingerprint density at radius 3 is 2.11 bits per heavy atom. The maximum atomic E-state index is 13.4. The number of amides is 1. The molecular weight excluding hydrogens is 476 g/mol. The van der Waals surface area contributed by atoms with Gasteiger partial charge in [-0.15, -0.1) is 0 Å². The van der Waals surface area contributed by atoms with Crippen LogP contribution >= 0.6 is 0 Å². The number of benzene rings is 2. The van der Waals surface area contributed by atoms with Crippen LogP contribution in [-0.2, 0) is 16.1 Å². The van der Waals surface area contributed by atoms with Crippen molar-refractivity contribution in [1.82, 2.24) is 9.88 Å². The molecule has 2 aromatic carbocycles. The first-order valence-electron chi connectivity index (χ1n) is 11.6. The number of Topliss-reactive ketones (excluding diaryl/α,β-unsaturated/α-hetero) is 1. The van der Waals surface area contributed by atoms with Gasteiger partial charge in [-0.3, -0.25) is 14.6 Å². The number of ketones is 1. The van der Waals surface area contributed by atoms with Crippen LogP contribution in [0.15, 0.2) is 66.5 Å². The molecule has 1 fully saturated rings. The van der Waals surface area contributed by atoms with Gasteiger partial charge in [-0.2, -0.15) is 0 Å². The van der Waals surface area contributed by atoms with E-state index in [2.05, 4.69) is 4.98 Å². The number of aromatic nitrogens is 1. The molecule has 1 unspecified atom stereocenters. The third kappa shape index (κ3) is 4.93. The van der Waals surface area contributed by atoms with Crippen LogP contribution in [0.4, 0.5) is 0 Å². The zero-order chi connectivity index (χ0) is 26.5. The van der Waals surface area contributed by atoms with Crippen molar-refractivity contribution in [3.05, 3.63) is 83.2 Å². The quantitative estimate of drug-likeness (QED) is 0.263. The zero-order valence-electron chi connectivity index (χ0n) is 21.1. The van der Waals surface area contributed by atoms with E-state index in [1.54, 1.807) is 60.9 Å².